The van der Waals surface area contributed by atoms with E-state index in [-0.39, 0.29) is 0 Å². The van der Waals surface area contributed by atoms with Crippen molar-refractivity contribution in [2.75, 3.05) is 13.2 Å². The Morgan fingerprint density at radius 2 is 0.979 bits per heavy atom. The summed E-state index contributed by atoms with van der Waals surface area (Å²) >= 11 is 0. The third kappa shape index (κ3) is 6.92. The summed E-state index contributed by atoms with van der Waals surface area (Å²) in [6.07, 6.45) is 7.44. The van der Waals surface area contributed by atoms with Gasteiger partial charge in [0.2, 0.25) is 11.8 Å². The maximum atomic E-state index is 6.34. The standard InChI is InChI=1S/C38H34N6O4/c1-3-5-17-45-33-15-13-29-21-31(33)37-43-44-38(48-37)32-22-30(14-16-34(32)46-18-6-4-2)40-24-26-10-8-12-28(20-26)36-42-41-35(47-36)27-11-7-9-25(19-27)23-39-29/h7-16,19-24H,3-6,17-18H2,1-2H3. The van der Waals surface area contributed by atoms with E-state index in [2.05, 4.69) is 34.2 Å². The molecular weight excluding hydrogens is 604 g/mol. The molecule has 2 aromatic heterocycles. The lowest BCUT2D eigenvalue weighted by Crippen LogP contribution is -1.98. The maximum absolute atomic E-state index is 6.34. The zero-order chi connectivity index (χ0) is 32.7. The fourth-order valence-corrected chi connectivity index (χ4v) is 5.14. The second-order valence-electron chi connectivity index (χ2n) is 11.4. The number of hydrogen-bond donors (Lipinski definition) is 0. The first-order valence-corrected chi connectivity index (χ1v) is 16.2. The molecule has 1 aliphatic rings. The highest BCUT2D eigenvalue weighted by Gasteiger charge is 2.19. The van der Waals surface area contributed by atoms with Gasteiger partial charge in [-0.25, -0.2) is 0 Å². The van der Waals surface area contributed by atoms with Gasteiger partial charge in [-0.1, -0.05) is 51.0 Å². The predicted octanol–water partition coefficient (Wildman–Crippen LogP) is 9.29. The molecule has 0 unspecified atom stereocenters. The topological polar surface area (TPSA) is 121 Å². The highest BCUT2D eigenvalue weighted by atomic mass is 16.5. The number of aromatic nitrogens is 4. The lowest BCUT2D eigenvalue weighted by atomic mass is 10.1. The second kappa shape index (κ2) is 14.3. The van der Waals surface area contributed by atoms with Gasteiger partial charge in [0.1, 0.15) is 11.5 Å². The lowest BCUT2D eigenvalue weighted by Gasteiger charge is -2.10. The van der Waals surface area contributed by atoms with Crippen LogP contribution in [0.3, 0.4) is 0 Å². The number of hydrogen-bond acceptors (Lipinski definition) is 10. The first-order valence-electron chi connectivity index (χ1n) is 16.2. The molecule has 6 aromatic rings. The van der Waals surface area contributed by atoms with E-state index in [0.29, 0.717) is 70.8 Å². The van der Waals surface area contributed by atoms with Crippen LogP contribution in [-0.2, 0) is 0 Å². The minimum Gasteiger partial charge on any atom is -0.493 e. The molecule has 10 heteroatoms. The van der Waals surface area contributed by atoms with E-state index in [1.165, 1.54) is 0 Å². The summed E-state index contributed by atoms with van der Waals surface area (Å²) in [6, 6.07) is 26.9. The van der Waals surface area contributed by atoms with Gasteiger partial charge in [-0.3, -0.25) is 9.98 Å². The van der Waals surface area contributed by atoms with Crippen LogP contribution in [0.1, 0.15) is 50.7 Å². The smallest absolute Gasteiger partial charge is 0.251 e. The number of ether oxygens (including phenoxy) is 2. The van der Waals surface area contributed by atoms with Crippen molar-refractivity contribution in [1.82, 2.24) is 20.4 Å². The van der Waals surface area contributed by atoms with E-state index in [4.69, 9.17) is 28.3 Å². The molecule has 240 valence electrons. The minimum atomic E-state index is 0.315. The number of benzene rings is 4. The van der Waals surface area contributed by atoms with Gasteiger partial charge in [0.25, 0.3) is 11.8 Å². The van der Waals surface area contributed by atoms with E-state index in [1.54, 1.807) is 12.4 Å². The van der Waals surface area contributed by atoms with Crippen molar-refractivity contribution in [3.8, 4) is 57.3 Å². The van der Waals surface area contributed by atoms with Crippen LogP contribution in [0.25, 0.3) is 45.8 Å². The molecule has 0 aliphatic carbocycles. The van der Waals surface area contributed by atoms with Crippen LogP contribution in [-0.4, -0.2) is 46.0 Å². The first-order chi connectivity index (χ1) is 23.7. The van der Waals surface area contributed by atoms with Crippen LogP contribution in [0, 0.1) is 0 Å². The Kier molecular flexibility index (Phi) is 9.13. The molecular formula is C38H34N6O4. The van der Waals surface area contributed by atoms with Gasteiger partial charge in [-0.2, -0.15) is 0 Å². The number of nitrogens with zero attached hydrogens (tertiary/aromatic N) is 6. The number of fused-ring (bicyclic) bond motifs is 16. The Bertz CT molecular complexity index is 1950. The normalized spacial score (nSPS) is 11.9. The van der Waals surface area contributed by atoms with E-state index >= 15 is 0 Å². The molecule has 48 heavy (non-hydrogen) atoms. The third-order valence-electron chi connectivity index (χ3n) is 7.74. The Balaban J connectivity index is 1.36. The second-order valence-corrected chi connectivity index (χ2v) is 11.4. The van der Waals surface area contributed by atoms with E-state index in [1.807, 2.05) is 84.9 Å². The molecule has 0 fully saturated rings. The monoisotopic (exact) mass is 638 g/mol. The summed E-state index contributed by atoms with van der Waals surface area (Å²) in [7, 11) is 0. The van der Waals surface area contributed by atoms with Crippen molar-refractivity contribution in [3.63, 3.8) is 0 Å². The Labute approximate surface area is 278 Å². The SMILES string of the molecule is CCCCOc1ccc2cc1-c1nnc(o1)-c1cc(ccc1OCCCC)N=Cc1cccc(c1)-c1nnc(o1)-c1cccc(c1)C=N2. The molecule has 0 amide bonds. The molecule has 0 atom stereocenters. The van der Waals surface area contributed by atoms with Crippen molar-refractivity contribution >= 4 is 23.8 Å². The van der Waals surface area contributed by atoms with Crippen LogP contribution in [0.2, 0.25) is 0 Å². The van der Waals surface area contributed by atoms with Crippen molar-refractivity contribution in [3.05, 3.63) is 96.1 Å². The van der Waals surface area contributed by atoms with Crippen LogP contribution in [0.4, 0.5) is 11.4 Å². The van der Waals surface area contributed by atoms with E-state index in [0.717, 1.165) is 47.9 Å². The van der Waals surface area contributed by atoms with Crippen LogP contribution >= 0.6 is 0 Å². The van der Waals surface area contributed by atoms with Crippen LogP contribution < -0.4 is 9.47 Å². The quantitative estimate of drug-likeness (QED) is 0.151. The highest BCUT2D eigenvalue weighted by Crippen LogP contribution is 2.38. The molecule has 0 N–H and O–H groups in total. The third-order valence-corrected chi connectivity index (χ3v) is 7.74. The van der Waals surface area contributed by atoms with Crippen LogP contribution in [0.5, 0.6) is 11.5 Å². The Morgan fingerprint density at radius 3 is 1.46 bits per heavy atom. The molecule has 12 bridgehead atoms. The highest BCUT2D eigenvalue weighted by molar-refractivity contribution is 5.86. The molecule has 7 rings (SSSR count). The van der Waals surface area contributed by atoms with Crippen LogP contribution in [0.15, 0.2) is 104 Å². The number of unbranched alkanes of at least 4 members (excludes halogenated alkanes) is 2. The molecule has 3 heterocycles. The summed E-state index contributed by atoms with van der Waals surface area (Å²) in [6.45, 7) is 5.38. The average Bonchev–Trinajstić information content (AvgIpc) is 3.82. The van der Waals surface area contributed by atoms with Gasteiger partial charge < -0.3 is 18.3 Å². The van der Waals surface area contributed by atoms with Gasteiger partial charge in [0, 0.05) is 23.6 Å². The zero-order valence-corrected chi connectivity index (χ0v) is 26.8. The summed E-state index contributed by atoms with van der Waals surface area (Å²) < 4.78 is 24.8. The molecule has 0 spiro atoms. The van der Waals surface area contributed by atoms with E-state index in [9.17, 15) is 0 Å². The first kappa shape index (κ1) is 30.7. The zero-order valence-electron chi connectivity index (χ0n) is 26.8. The van der Waals surface area contributed by atoms with Gasteiger partial charge in [-0.15, -0.1) is 20.4 Å². The van der Waals surface area contributed by atoms with Gasteiger partial charge in [0.05, 0.1) is 35.7 Å². The molecule has 0 saturated heterocycles. The lowest BCUT2D eigenvalue weighted by molar-refractivity contribution is 0.309. The molecule has 4 aromatic carbocycles. The van der Waals surface area contributed by atoms with Crippen molar-refractivity contribution in [2.24, 2.45) is 9.98 Å². The Hall–Kier alpha value is -5.90. The number of aliphatic imine (C=N–C) groups is 2. The summed E-state index contributed by atoms with van der Waals surface area (Å²) in [5.41, 5.74) is 6.00. The summed E-state index contributed by atoms with van der Waals surface area (Å²) in [5, 5.41) is 17.6. The van der Waals surface area contributed by atoms with Gasteiger partial charge >= 0.3 is 0 Å². The van der Waals surface area contributed by atoms with Crippen molar-refractivity contribution < 1.29 is 18.3 Å². The van der Waals surface area contributed by atoms with Gasteiger partial charge in [0.15, 0.2) is 0 Å². The minimum absolute atomic E-state index is 0.315. The number of rotatable bonds is 8. The Morgan fingerprint density at radius 1 is 0.521 bits per heavy atom. The molecule has 10 nitrogen and oxygen atoms in total. The average molecular weight is 639 g/mol. The predicted molar refractivity (Wildman–Crippen MR) is 186 cm³/mol. The molecule has 0 saturated carbocycles. The summed E-state index contributed by atoms with van der Waals surface area (Å²) in [4.78, 5) is 9.53. The fourth-order valence-electron chi connectivity index (χ4n) is 5.14. The van der Waals surface area contributed by atoms with Crippen molar-refractivity contribution in [2.45, 2.75) is 39.5 Å². The maximum Gasteiger partial charge on any atom is 0.251 e. The van der Waals surface area contributed by atoms with Gasteiger partial charge in [-0.05, 0) is 84.6 Å². The molecule has 0 radical (unpaired) electrons. The molecule has 1 aliphatic heterocycles. The largest absolute Gasteiger partial charge is 0.493 e. The van der Waals surface area contributed by atoms with E-state index < -0.39 is 0 Å². The fraction of sp³-hybridized carbons (Fsp3) is 0.211. The van der Waals surface area contributed by atoms with Crippen molar-refractivity contribution in [1.29, 1.82) is 0 Å². The summed E-state index contributed by atoms with van der Waals surface area (Å²) in [5.74, 6) is 2.74.